The maximum Gasteiger partial charge on any atom is 0.225 e. The SMILES string of the molecule is OCCC1CC(C2CCCN2c2ncccn2)NN1. The summed E-state index contributed by atoms with van der Waals surface area (Å²) < 4.78 is 0. The summed E-state index contributed by atoms with van der Waals surface area (Å²) in [5.74, 6) is 0.831. The van der Waals surface area contributed by atoms with Crippen molar-refractivity contribution in [1.29, 1.82) is 0 Å². The third kappa shape index (κ3) is 2.70. The minimum atomic E-state index is 0.238. The van der Waals surface area contributed by atoms with Gasteiger partial charge in [-0.3, -0.25) is 10.9 Å². The van der Waals surface area contributed by atoms with Gasteiger partial charge in [0, 0.05) is 43.7 Å². The maximum absolute atomic E-state index is 9.01. The molecule has 2 aliphatic heterocycles. The smallest absolute Gasteiger partial charge is 0.225 e. The van der Waals surface area contributed by atoms with Crippen LogP contribution in [0.25, 0.3) is 0 Å². The van der Waals surface area contributed by atoms with Gasteiger partial charge in [-0.05, 0) is 31.7 Å². The molecule has 104 valence electrons. The standard InChI is InChI=1S/C13H21N5O/c19-8-4-10-9-11(17-16-10)12-3-1-7-18(12)13-14-5-2-6-15-13/h2,5-6,10-12,16-17,19H,1,3-4,7-9H2. The van der Waals surface area contributed by atoms with E-state index in [9.17, 15) is 0 Å². The van der Waals surface area contributed by atoms with Gasteiger partial charge in [0.1, 0.15) is 0 Å². The van der Waals surface area contributed by atoms with Crippen LogP contribution in [0.4, 0.5) is 5.95 Å². The lowest BCUT2D eigenvalue weighted by Gasteiger charge is -2.29. The minimum Gasteiger partial charge on any atom is -0.396 e. The van der Waals surface area contributed by atoms with Gasteiger partial charge < -0.3 is 10.0 Å². The van der Waals surface area contributed by atoms with Crippen molar-refractivity contribution in [3.8, 4) is 0 Å². The lowest BCUT2D eigenvalue weighted by Crippen LogP contribution is -2.46. The molecule has 0 amide bonds. The number of hydrogen-bond donors (Lipinski definition) is 3. The van der Waals surface area contributed by atoms with E-state index in [1.807, 2.05) is 6.07 Å². The molecule has 0 spiro atoms. The summed E-state index contributed by atoms with van der Waals surface area (Å²) in [7, 11) is 0. The molecule has 0 saturated carbocycles. The van der Waals surface area contributed by atoms with E-state index in [0.29, 0.717) is 18.1 Å². The molecule has 19 heavy (non-hydrogen) atoms. The number of hydrazine groups is 1. The molecule has 3 atom stereocenters. The molecule has 3 rings (SSSR count). The Labute approximate surface area is 113 Å². The van der Waals surface area contributed by atoms with Crippen LogP contribution in [0.1, 0.15) is 25.7 Å². The van der Waals surface area contributed by atoms with Crippen LogP contribution in [0.2, 0.25) is 0 Å². The summed E-state index contributed by atoms with van der Waals surface area (Å²) in [5.41, 5.74) is 6.65. The first-order chi connectivity index (χ1) is 9.38. The molecule has 6 nitrogen and oxygen atoms in total. The Morgan fingerprint density at radius 3 is 2.95 bits per heavy atom. The van der Waals surface area contributed by atoms with Gasteiger partial charge >= 0.3 is 0 Å². The van der Waals surface area contributed by atoms with E-state index in [0.717, 1.165) is 25.3 Å². The molecule has 2 aliphatic rings. The van der Waals surface area contributed by atoms with Gasteiger partial charge in [-0.15, -0.1) is 0 Å². The van der Waals surface area contributed by atoms with Crippen molar-refractivity contribution >= 4 is 5.95 Å². The quantitative estimate of drug-likeness (QED) is 0.713. The van der Waals surface area contributed by atoms with Crippen LogP contribution in [0.15, 0.2) is 18.5 Å². The van der Waals surface area contributed by atoms with Crippen molar-refractivity contribution in [3.05, 3.63) is 18.5 Å². The zero-order valence-electron chi connectivity index (χ0n) is 11.0. The average molecular weight is 263 g/mol. The van der Waals surface area contributed by atoms with Crippen molar-refractivity contribution in [1.82, 2.24) is 20.8 Å². The molecule has 3 N–H and O–H groups in total. The van der Waals surface area contributed by atoms with Gasteiger partial charge in [0.05, 0.1) is 0 Å². The lowest BCUT2D eigenvalue weighted by atomic mass is 9.99. The van der Waals surface area contributed by atoms with Crippen LogP contribution in [0.5, 0.6) is 0 Å². The molecule has 0 radical (unpaired) electrons. The third-order valence-corrected chi connectivity index (χ3v) is 4.06. The molecule has 3 heterocycles. The molecule has 0 bridgehead atoms. The molecule has 3 unspecified atom stereocenters. The Morgan fingerprint density at radius 2 is 2.16 bits per heavy atom. The number of aliphatic hydroxyl groups is 1. The highest BCUT2D eigenvalue weighted by Crippen LogP contribution is 2.27. The largest absolute Gasteiger partial charge is 0.396 e. The molecule has 0 aliphatic carbocycles. The van der Waals surface area contributed by atoms with Crippen LogP contribution in [0, 0.1) is 0 Å². The Bertz CT molecular complexity index is 401. The van der Waals surface area contributed by atoms with E-state index in [-0.39, 0.29) is 6.61 Å². The summed E-state index contributed by atoms with van der Waals surface area (Å²) in [4.78, 5) is 11.0. The van der Waals surface area contributed by atoms with Gasteiger partial charge in [0.2, 0.25) is 5.95 Å². The number of aliphatic hydroxyl groups excluding tert-OH is 1. The van der Waals surface area contributed by atoms with E-state index in [1.54, 1.807) is 12.4 Å². The first-order valence-electron chi connectivity index (χ1n) is 7.04. The highest BCUT2D eigenvalue weighted by Gasteiger charge is 2.37. The number of anilines is 1. The highest BCUT2D eigenvalue weighted by atomic mass is 16.3. The second-order valence-electron chi connectivity index (χ2n) is 5.29. The van der Waals surface area contributed by atoms with Gasteiger partial charge in [0.25, 0.3) is 0 Å². The molecule has 1 aromatic rings. The van der Waals surface area contributed by atoms with E-state index >= 15 is 0 Å². The average Bonchev–Trinajstić information content (AvgIpc) is 3.08. The Morgan fingerprint density at radius 1 is 1.32 bits per heavy atom. The zero-order chi connectivity index (χ0) is 13.1. The predicted octanol–water partition coefficient (Wildman–Crippen LogP) is 0.0629. The van der Waals surface area contributed by atoms with Gasteiger partial charge in [-0.2, -0.15) is 0 Å². The van der Waals surface area contributed by atoms with Crippen molar-refractivity contribution in [2.24, 2.45) is 0 Å². The van der Waals surface area contributed by atoms with Crippen molar-refractivity contribution < 1.29 is 5.11 Å². The Balaban J connectivity index is 1.67. The van der Waals surface area contributed by atoms with Gasteiger partial charge in [-0.1, -0.05) is 0 Å². The van der Waals surface area contributed by atoms with E-state index in [4.69, 9.17) is 5.11 Å². The van der Waals surface area contributed by atoms with Crippen molar-refractivity contribution in [3.63, 3.8) is 0 Å². The minimum absolute atomic E-state index is 0.238. The topological polar surface area (TPSA) is 73.3 Å². The first-order valence-corrected chi connectivity index (χ1v) is 7.04. The van der Waals surface area contributed by atoms with E-state index < -0.39 is 0 Å². The molecule has 2 saturated heterocycles. The highest BCUT2D eigenvalue weighted by molar-refractivity contribution is 5.33. The summed E-state index contributed by atoms with van der Waals surface area (Å²) in [6, 6.07) is 3.07. The second-order valence-corrected chi connectivity index (χ2v) is 5.29. The monoisotopic (exact) mass is 263 g/mol. The van der Waals surface area contributed by atoms with Crippen LogP contribution < -0.4 is 15.8 Å². The first kappa shape index (κ1) is 12.8. The number of rotatable bonds is 4. The van der Waals surface area contributed by atoms with Crippen LogP contribution in [-0.2, 0) is 0 Å². The molecular formula is C13H21N5O. The summed E-state index contributed by atoms with van der Waals surface area (Å²) in [6.07, 6.45) is 7.81. The Hall–Kier alpha value is -1.24. The Kier molecular flexibility index (Phi) is 3.91. The maximum atomic E-state index is 9.01. The van der Waals surface area contributed by atoms with Gasteiger partial charge in [-0.25, -0.2) is 9.97 Å². The van der Waals surface area contributed by atoms with E-state index in [1.165, 1.54) is 12.8 Å². The van der Waals surface area contributed by atoms with Crippen LogP contribution >= 0.6 is 0 Å². The second kappa shape index (κ2) is 5.81. The zero-order valence-corrected chi connectivity index (χ0v) is 11.0. The fourth-order valence-electron chi connectivity index (χ4n) is 3.15. The number of nitrogens with zero attached hydrogens (tertiary/aromatic N) is 3. The molecule has 2 fully saturated rings. The normalized spacial score (nSPS) is 31.0. The lowest BCUT2D eigenvalue weighted by molar-refractivity contribution is 0.268. The van der Waals surface area contributed by atoms with Crippen molar-refractivity contribution in [2.45, 2.75) is 43.8 Å². The number of nitrogens with one attached hydrogen (secondary N) is 2. The molecule has 0 aromatic carbocycles. The van der Waals surface area contributed by atoms with Gasteiger partial charge in [0.15, 0.2) is 0 Å². The number of hydrogen-bond acceptors (Lipinski definition) is 6. The molecule has 1 aromatic heterocycles. The molecular weight excluding hydrogens is 242 g/mol. The fourth-order valence-corrected chi connectivity index (χ4v) is 3.15. The predicted molar refractivity (Wildman–Crippen MR) is 72.6 cm³/mol. The van der Waals surface area contributed by atoms with Crippen LogP contribution in [0.3, 0.4) is 0 Å². The van der Waals surface area contributed by atoms with Crippen molar-refractivity contribution in [2.75, 3.05) is 18.1 Å². The summed E-state index contributed by atoms with van der Waals surface area (Å²) in [5, 5.41) is 9.01. The molecule has 6 heteroatoms. The third-order valence-electron chi connectivity index (χ3n) is 4.06. The number of aromatic nitrogens is 2. The van der Waals surface area contributed by atoms with E-state index in [2.05, 4.69) is 25.7 Å². The summed E-state index contributed by atoms with van der Waals surface area (Å²) in [6.45, 7) is 1.26. The summed E-state index contributed by atoms with van der Waals surface area (Å²) >= 11 is 0. The van der Waals surface area contributed by atoms with Crippen LogP contribution in [-0.4, -0.2) is 46.4 Å². The fraction of sp³-hybridized carbons (Fsp3) is 0.692.